The first-order valence-electron chi connectivity index (χ1n) is 8.20. The minimum absolute atomic E-state index is 0.210. The Labute approximate surface area is 175 Å². The quantitative estimate of drug-likeness (QED) is 0.399. The van der Waals surface area contributed by atoms with Crippen LogP contribution in [0, 0.1) is 0 Å². The molecule has 0 radical (unpaired) electrons. The van der Waals surface area contributed by atoms with Gasteiger partial charge < -0.3 is 13.9 Å². The molecule has 28 heavy (non-hydrogen) atoms. The Morgan fingerprint density at radius 2 is 2.04 bits per heavy atom. The summed E-state index contributed by atoms with van der Waals surface area (Å²) < 4.78 is 17.2. The van der Waals surface area contributed by atoms with Gasteiger partial charge in [-0.15, -0.1) is 0 Å². The third-order valence-electron chi connectivity index (χ3n) is 3.63. The van der Waals surface area contributed by atoms with Gasteiger partial charge in [-0.2, -0.15) is 5.10 Å². The van der Waals surface area contributed by atoms with Crippen molar-refractivity contribution in [1.82, 2.24) is 5.43 Å². The Morgan fingerprint density at radius 1 is 1.21 bits per heavy atom. The van der Waals surface area contributed by atoms with E-state index in [-0.39, 0.29) is 6.61 Å². The number of hydrogen-bond donors (Lipinski definition) is 1. The molecular weight excluding hydrogens is 448 g/mol. The molecule has 0 unspecified atom stereocenters. The van der Waals surface area contributed by atoms with Crippen molar-refractivity contribution in [2.45, 2.75) is 0 Å². The molecule has 144 valence electrons. The number of carbonyl (C=O) groups is 1. The molecule has 1 N–H and O–H groups in total. The van der Waals surface area contributed by atoms with Crippen LogP contribution in [0.4, 0.5) is 0 Å². The second kappa shape index (κ2) is 9.43. The molecule has 0 bridgehead atoms. The first-order valence-corrected chi connectivity index (χ1v) is 9.37. The maximum Gasteiger partial charge on any atom is 0.277 e. The number of ether oxygens (including phenoxy) is 2. The second-order valence-corrected chi connectivity index (χ2v) is 6.88. The highest BCUT2D eigenvalue weighted by atomic mass is 79.9. The molecule has 8 heteroatoms. The van der Waals surface area contributed by atoms with Crippen LogP contribution in [-0.2, 0) is 4.79 Å². The summed E-state index contributed by atoms with van der Waals surface area (Å²) in [6.07, 6.45) is 1.40. The van der Waals surface area contributed by atoms with E-state index in [0.29, 0.717) is 28.0 Å². The van der Waals surface area contributed by atoms with E-state index in [4.69, 9.17) is 25.5 Å². The van der Waals surface area contributed by atoms with Crippen LogP contribution in [0.2, 0.25) is 5.02 Å². The van der Waals surface area contributed by atoms with Crippen LogP contribution in [0.25, 0.3) is 11.3 Å². The average Bonchev–Trinajstić information content (AvgIpc) is 3.16. The van der Waals surface area contributed by atoms with Crippen LogP contribution in [0.1, 0.15) is 5.76 Å². The lowest BCUT2D eigenvalue weighted by Gasteiger charge is -2.09. The van der Waals surface area contributed by atoms with Gasteiger partial charge in [-0.25, -0.2) is 5.43 Å². The first-order chi connectivity index (χ1) is 13.6. The molecule has 0 spiro atoms. The van der Waals surface area contributed by atoms with Gasteiger partial charge >= 0.3 is 0 Å². The van der Waals surface area contributed by atoms with Crippen LogP contribution in [0.3, 0.4) is 0 Å². The molecule has 0 saturated heterocycles. The topological polar surface area (TPSA) is 73.1 Å². The zero-order valence-corrected chi connectivity index (χ0v) is 17.2. The summed E-state index contributed by atoms with van der Waals surface area (Å²) in [4.78, 5) is 11.9. The Kier molecular flexibility index (Phi) is 6.73. The monoisotopic (exact) mass is 462 g/mol. The van der Waals surface area contributed by atoms with Gasteiger partial charge in [0.2, 0.25) is 0 Å². The van der Waals surface area contributed by atoms with E-state index in [0.717, 1.165) is 10.0 Å². The molecule has 0 aliphatic heterocycles. The minimum Gasteiger partial charge on any atom is -0.493 e. The summed E-state index contributed by atoms with van der Waals surface area (Å²) in [5, 5.41) is 4.46. The average molecular weight is 464 g/mol. The summed E-state index contributed by atoms with van der Waals surface area (Å²) in [5.41, 5.74) is 3.16. The van der Waals surface area contributed by atoms with E-state index in [1.165, 1.54) is 13.3 Å². The van der Waals surface area contributed by atoms with Gasteiger partial charge in [-0.1, -0.05) is 39.7 Å². The predicted octanol–water partition coefficient (Wildman–Crippen LogP) is 4.90. The van der Waals surface area contributed by atoms with E-state index in [1.807, 2.05) is 18.2 Å². The van der Waals surface area contributed by atoms with E-state index < -0.39 is 5.91 Å². The number of nitrogens with zero attached hydrogens (tertiary/aromatic N) is 1. The summed E-state index contributed by atoms with van der Waals surface area (Å²) in [5.74, 6) is 1.66. The van der Waals surface area contributed by atoms with Crippen LogP contribution < -0.4 is 14.9 Å². The normalized spacial score (nSPS) is 10.8. The largest absolute Gasteiger partial charge is 0.493 e. The zero-order chi connectivity index (χ0) is 19.9. The van der Waals surface area contributed by atoms with Gasteiger partial charge in [0.05, 0.1) is 18.3 Å². The van der Waals surface area contributed by atoms with Gasteiger partial charge in [0.25, 0.3) is 5.91 Å². The minimum atomic E-state index is -0.417. The molecule has 1 amide bonds. The van der Waals surface area contributed by atoms with Crippen molar-refractivity contribution in [3.05, 3.63) is 69.9 Å². The maximum atomic E-state index is 11.9. The molecule has 6 nitrogen and oxygen atoms in total. The van der Waals surface area contributed by atoms with E-state index in [2.05, 4.69) is 26.5 Å². The van der Waals surface area contributed by atoms with Crippen molar-refractivity contribution < 1.29 is 18.7 Å². The maximum absolute atomic E-state index is 11.9. The predicted molar refractivity (Wildman–Crippen MR) is 111 cm³/mol. The Bertz CT molecular complexity index is 1000. The Morgan fingerprint density at radius 3 is 2.82 bits per heavy atom. The van der Waals surface area contributed by atoms with Crippen molar-refractivity contribution in [3.63, 3.8) is 0 Å². The van der Waals surface area contributed by atoms with Gasteiger partial charge in [-0.05, 0) is 42.5 Å². The number of halogens is 2. The zero-order valence-electron chi connectivity index (χ0n) is 14.8. The molecule has 1 heterocycles. The first kappa shape index (κ1) is 20.0. The fourth-order valence-corrected chi connectivity index (χ4v) is 2.90. The SMILES string of the molecule is COc1cc(Br)ccc1OCC(=O)N/N=C/c1ccc(-c2ccccc2Cl)o1. The van der Waals surface area contributed by atoms with Crippen LogP contribution in [-0.4, -0.2) is 25.8 Å². The highest BCUT2D eigenvalue weighted by molar-refractivity contribution is 9.10. The number of benzene rings is 2. The molecule has 3 rings (SSSR count). The number of furan rings is 1. The lowest BCUT2D eigenvalue weighted by Crippen LogP contribution is -2.24. The number of methoxy groups -OCH3 is 1. The molecule has 0 fully saturated rings. The van der Waals surface area contributed by atoms with Crippen molar-refractivity contribution in [1.29, 1.82) is 0 Å². The molecule has 0 aliphatic rings. The van der Waals surface area contributed by atoms with E-state index in [1.54, 1.807) is 36.4 Å². The number of nitrogens with one attached hydrogen (secondary N) is 1. The summed E-state index contributed by atoms with van der Waals surface area (Å²) >= 11 is 9.50. The van der Waals surface area contributed by atoms with E-state index in [9.17, 15) is 4.79 Å². The highest BCUT2D eigenvalue weighted by Crippen LogP contribution is 2.30. The number of hydrogen-bond acceptors (Lipinski definition) is 5. The summed E-state index contributed by atoms with van der Waals surface area (Å²) in [7, 11) is 1.53. The van der Waals surface area contributed by atoms with Gasteiger partial charge in [0.15, 0.2) is 18.1 Å². The third-order valence-corrected chi connectivity index (χ3v) is 4.45. The lowest BCUT2D eigenvalue weighted by atomic mass is 10.2. The van der Waals surface area contributed by atoms with Gasteiger partial charge in [0, 0.05) is 10.0 Å². The molecule has 3 aromatic rings. The summed E-state index contributed by atoms with van der Waals surface area (Å²) in [6, 6.07) is 16.1. The van der Waals surface area contributed by atoms with Crippen molar-refractivity contribution in [3.8, 4) is 22.8 Å². The molecule has 2 aromatic carbocycles. The van der Waals surface area contributed by atoms with Crippen LogP contribution in [0.5, 0.6) is 11.5 Å². The number of carbonyl (C=O) groups excluding carboxylic acids is 1. The number of hydrazone groups is 1. The van der Waals surface area contributed by atoms with Crippen molar-refractivity contribution in [2.75, 3.05) is 13.7 Å². The van der Waals surface area contributed by atoms with E-state index >= 15 is 0 Å². The molecule has 0 aliphatic carbocycles. The Hall–Kier alpha value is -2.77. The third kappa shape index (κ3) is 5.15. The highest BCUT2D eigenvalue weighted by Gasteiger charge is 2.09. The lowest BCUT2D eigenvalue weighted by molar-refractivity contribution is -0.123. The van der Waals surface area contributed by atoms with Crippen molar-refractivity contribution >= 4 is 39.7 Å². The second-order valence-electron chi connectivity index (χ2n) is 5.56. The summed E-state index contributed by atoms with van der Waals surface area (Å²) in [6.45, 7) is -0.210. The smallest absolute Gasteiger partial charge is 0.277 e. The van der Waals surface area contributed by atoms with Gasteiger partial charge in [-0.3, -0.25) is 4.79 Å². The molecule has 1 aromatic heterocycles. The fraction of sp³-hybridized carbons (Fsp3) is 0.100. The van der Waals surface area contributed by atoms with Crippen molar-refractivity contribution in [2.24, 2.45) is 5.10 Å². The number of rotatable bonds is 7. The number of amides is 1. The molecular formula is C20H16BrClN2O4. The molecule has 0 saturated carbocycles. The van der Waals surface area contributed by atoms with Crippen LogP contribution >= 0.6 is 27.5 Å². The van der Waals surface area contributed by atoms with Crippen LogP contribution in [0.15, 0.2) is 68.6 Å². The van der Waals surface area contributed by atoms with Gasteiger partial charge in [0.1, 0.15) is 11.5 Å². The fourth-order valence-electron chi connectivity index (χ4n) is 2.33. The standard InChI is InChI=1S/C20H16BrClN2O4/c1-26-19-10-13(21)6-8-18(19)27-12-20(25)24-23-11-14-7-9-17(28-14)15-4-2-3-5-16(15)22/h2-11H,12H2,1H3,(H,24,25)/b23-11+. The molecule has 0 atom stereocenters. The Balaban J connectivity index is 1.54.